The van der Waals surface area contributed by atoms with Crippen LogP contribution in [0.2, 0.25) is 0 Å². The van der Waals surface area contributed by atoms with Crippen LogP contribution >= 0.6 is 24.0 Å². The Morgan fingerprint density at radius 1 is 1.00 bits per heavy atom. The first-order chi connectivity index (χ1) is 14.3. The second-order valence-corrected chi connectivity index (χ2v) is 7.99. The van der Waals surface area contributed by atoms with E-state index in [2.05, 4.69) is 46.0 Å². The molecule has 0 amide bonds. The second kappa shape index (κ2) is 8.91. The predicted molar refractivity (Wildman–Crippen MR) is 128 cm³/mol. The molecule has 2 aromatic rings. The summed E-state index contributed by atoms with van der Waals surface area (Å²) < 4.78 is 16.6. The number of halogens is 1. The fraction of sp³-hybridized carbons (Fsp3) is 0.435. The minimum atomic E-state index is 0. The maximum absolute atomic E-state index is 5.58. The first-order valence-electron chi connectivity index (χ1n) is 10.4. The van der Waals surface area contributed by atoms with Crippen molar-refractivity contribution in [2.45, 2.75) is 31.1 Å². The Hall–Kier alpha value is -2.16. The van der Waals surface area contributed by atoms with E-state index in [0.29, 0.717) is 6.79 Å². The third kappa shape index (κ3) is 4.31. The largest absolute Gasteiger partial charge is 0.493 e. The maximum atomic E-state index is 5.58. The molecule has 6 nitrogen and oxygen atoms in total. The summed E-state index contributed by atoms with van der Waals surface area (Å²) in [5.74, 6) is 3.59. The quantitative estimate of drug-likeness (QED) is 0.347. The first-order valence-corrected chi connectivity index (χ1v) is 10.4. The molecular weight excluding hydrogens is 493 g/mol. The standard InChI is InChI=1S/C23H27N3O3.HI/c1-24-22(25-10-6-16-2-4-19-17(12-16)7-11-27-19)26-14-23(8-9-23)18-3-5-20-21(13-18)29-15-28-20;/h2-5,12-13H,6-11,14-15H2,1H3,(H2,24,25,26);1H. The second-order valence-electron chi connectivity index (χ2n) is 7.99. The van der Waals surface area contributed by atoms with Crippen LogP contribution in [0.3, 0.4) is 0 Å². The zero-order chi connectivity index (χ0) is 19.7. The highest BCUT2D eigenvalue weighted by atomic mass is 127. The van der Waals surface area contributed by atoms with Crippen molar-refractivity contribution in [2.24, 2.45) is 4.99 Å². The van der Waals surface area contributed by atoms with Gasteiger partial charge in [-0.3, -0.25) is 4.99 Å². The number of hydrogen-bond acceptors (Lipinski definition) is 4. The van der Waals surface area contributed by atoms with Crippen LogP contribution in [0.15, 0.2) is 41.4 Å². The lowest BCUT2D eigenvalue weighted by atomic mass is 9.95. The van der Waals surface area contributed by atoms with Gasteiger partial charge >= 0.3 is 0 Å². The van der Waals surface area contributed by atoms with Crippen LogP contribution in [0.25, 0.3) is 0 Å². The zero-order valence-corrected chi connectivity index (χ0v) is 19.5. The molecule has 1 saturated carbocycles. The highest BCUT2D eigenvalue weighted by Crippen LogP contribution is 2.49. The van der Waals surface area contributed by atoms with Gasteiger partial charge in [-0.1, -0.05) is 18.2 Å². The van der Waals surface area contributed by atoms with E-state index in [1.54, 1.807) is 0 Å². The van der Waals surface area contributed by atoms with Gasteiger partial charge in [0.1, 0.15) is 5.75 Å². The van der Waals surface area contributed by atoms with Crippen molar-refractivity contribution in [3.05, 3.63) is 53.1 Å². The lowest BCUT2D eigenvalue weighted by molar-refractivity contribution is 0.174. The van der Waals surface area contributed by atoms with Gasteiger partial charge in [-0.2, -0.15) is 0 Å². The molecule has 30 heavy (non-hydrogen) atoms. The van der Waals surface area contributed by atoms with Crippen LogP contribution in [0.5, 0.6) is 17.2 Å². The molecule has 1 fully saturated rings. The number of nitrogens with one attached hydrogen (secondary N) is 2. The Kier molecular flexibility index (Phi) is 6.26. The third-order valence-electron chi connectivity index (χ3n) is 6.12. The monoisotopic (exact) mass is 521 g/mol. The molecule has 0 aromatic heterocycles. The molecule has 0 unspecified atom stereocenters. The van der Waals surface area contributed by atoms with Crippen molar-refractivity contribution < 1.29 is 14.2 Å². The van der Waals surface area contributed by atoms with Crippen molar-refractivity contribution in [1.82, 2.24) is 10.6 Å². The summed E-state index contributed by atoms with van der Waals surface area (Å²) >= 11 is 0. The van der Waals surface area contributed by atoms with Crippen molar-refractivity contribution in [2.75, 3.05) is 33.5 Å². The number of hydrogen-bond donors (Lipinski definition) is 2. The highest BCUT2D eigenvalue weighted by Gasteiger charge is 2.44. The van der Waals surface area contributed by atoms with Gasteiger partial charge < -0.3 is 24.8 Å². The maximum Gasteiger partial charge on any atom is 0.231 e. The van der Waals surface area contributed by atoms with Gasteiger partial charge in [0.25, 0.3) is 0 Å². The smallest absolute Gasteiger partial charge is 0.231 e. The normalized spacial score (nSPS) is 17.6. The van der Waals surface area contributed by atoms with Crippen molar-refractivity contribution in [1.29, 1.82) is 0 Å². The highest BCUT2D eigenvalue weighted by molar-refractivity contribution is 14.0. The molecule has 2 heterocycles. The molecule has 2 aliphatic heterocycles. The molecule has 0 spiro atoms. The molecule has 0 saturated heterocycles. The minimum absolute atomic E-state index is 0. The summed E-state index contributed by atoms with van der Waals surface area (Å²) in [6.07, 6.45) is 4.32. The van der Waals surface area contributed by atoms with Crippen LogP contribution in [0.1, 0.15) is 29.5 Å². The minimum Gasteiger partial charge on any atom is -0.493 e. The van der Waals surface area contributed by atoms with Crippen LogP contribution in [0.4, 0.5) is 0 Å². The molecule has 160 valence electrons. The number of ether oxygens (including phenoxy) is 3. The Balaban J connectivity index is 0.00000218. The average Bonchev–Trinajstić information content (AvgIpc) is 3.16. The Labute approximate surface area is 194 Å². The van der Waals surface area contributed by atoms with E-state index >= 15 is 0 Å². The predicted octanol–water partition coefficient (Wildman–Crippen LogP) is 3.41. The van der Waals surface area contributed by atoms with Gasteiger partial charge in [0, 0.05) is 32.0 Å². The summed E-state index contributed by atoms with van der Waals surface area (Å²) in [4.78, 5) is 4.39. The van der Waals surface area contributed by atoms with E-state index in [0.717, 1.165) is 55.7 Å². The first kappa shape index (κ1) is 21.1. The lowest BCUT2D eigenvalue weighted by Crippen LogP contribution is -2.41. The fourth-order valence-corrected chi connectivity index (χ4v) is 4.14. The van der Waals surface area contributed by atoms with E-state index < -0.39 is 0 Å². The molecule has 2 aromatic carbocycles. The Morgan fingerprint density at radius 2 is 1.83 bits per heavy atom. The van der Waals surface area contributed by atoms with Crippen LogP contribution in [-0.2, 0) is 18.3 Å². The van der Waals surface area contributed by atoms with Crippen molar-refractivity contribution >= 4 is 29.9 Å². The van der Waals surface area contributed by atoms with Gasteiger partial charge in [-0.15, -0.1) is 24.0 Å². The van der Waals surface area contributed by atoms with Gasteiger partial charge in [-0.25, -0.2) is 0 Å². The van der Waals surface area contributed by atoms with Gasteiger partial charge in [0.15, 0.2) is 17.5 Å². The molecule has 5 rings (SSSR count). The van der Waals surface area contributed by atoms with E-state index in [-0.39, 0.29) is 29.4 Å². The van der Waals surface area contributed by atoms with E-state index in [1.165, 1.54) is 29.5 Å². The Morgan fingerprint density at radius 3 is 2.67 bits per heavy atom. The third-order valence-corrected chi connectivity index (χ3v) is 6.12. The fourth-order valence-electron chi connectivity index (χ4n) is 4.14. The molecule has 0 bridgehead atoms. The number of nitrogens with zero attached hydrogens (tertiary/aromatic N) is 1. The number of fused-ring (bicyclic) bond motifs is 2. The number of benzene rings is 2. The molecule has 1 aliphatic carbocycles. The molecule has 0 radical (unpaired) electrons. The summed E-state index contributed by atoms with van der Waals surface area (Å²) in [5.41, 5.74) is 4.13. The summed E-state index contributed by atoms with van der Waals surface area (Å²) in [6, 6.07) is 12.8. The van der Waals surface area contributed by atoms with Crippen molar-refractivity contribution in [3.8, 4) is 17.2 Å². The molecular formula is C23H28IN3O3. The van der Waals surface area contributed by atoms with E-state index in [9.17, 15) is 0 Å². The van der Waals surface area contributed by atoms with Gasteiger partial charge in [0.2, 0.25) is 6.79 Å². The summed E-state index contributed by atoms with van der Waals surface area (Å²) in [6.45, 7) is 2.83. The van der Waals surface area contributed by atoms with E-state index in [4.69, 9.17) is 14.2 Å². The number of guanidine groups is 1. The zero-order valence-electron chi connectivity index (χ0n) is 17.2. The van der Waals surface area contributed by atoms with E-state index in [1.807, 2.05) is 13.1 Å². The molecule has 3 aliphatic rings. The Bertz CT molecular complexity index is 943. The van der Waals surface area contributed by atoms with Crippen LogP contribution < -0.4 is 24.8 Å². The van der Waals surface area contributed by atoms with Crippen LogP contribution in [-0.4, -0.2) is 39.5 Å². The van der Waals surface area contributed by atoms with Crippen LogP contribution in [0, 0.1) is 0 Å². The number of aliphatic imine (C=N–C) groups is 1. The topological polar surface area (TPSA) is 64.1 Å². The van der Waals surface area contributed by atoms with Gasteiger partial charge in [-0.05, 0) is 54.2 Å². The average molecular weight is 521 g/mol. The molecule has 2 N–H and O–H groups in total. The van der Waals surface area contributed by atoms with Crippen molar-refractivity contribution in [3.63, 3.8) is 0 Å². The molecule has 7 heteroatoms. The summed E-state index contributed by atoms with van der Waals surface area (Å²) in [7, 11) is 1.82. The summed E-state index contributed by atoms with van der Waals surface area (Å²) in [5, 5.41) is 6.96. The molecule has 0 atom stereocenters. The van der Waals surface area contributed by atoms with Gasteiger partial charge in [0.05, 0.1) is 6.61 Å². The number of rotatable bonds is 6. The SMILES string of the molecule is CN=C(NCCc1ccc2c(c1)CCO2)NCC1(c2ccc3c(c2)OCO3)CC1.I. The lowest BCUT2D eigenvalue weighted by Gasteiger charge is -2.19.